The highest BCUT2D eigenvalue weighted by atomic mass is 16.1. The zero-order valence-corrected chi connectivity index (χ0v) is 12.4. The monoisotopic (exact) mass is 274 g/mol. The Morgan fingerprint density at radius 2 is 2.00 bits per heavy atom. The molecule has 0 saturated carbocycles. The number of carbonyl (C=O) groups excluding carboxylic acids is 1. The van der Waals surface area contributed by atoms with Gasteiger partial charge in [-0.15, -0.1) is 0 Å². The normalized spacial score (nSPS) is 17.9. The van der Waals surface area contributed by atoms with E-state index in [9.17, 15) is 4.79 Å². The highest BCUT2D eigenvalue weighted by molar-refractivity contribution is 5.86. The van der Waals surface area contributed by atoms with Crippen LogP contribution >= 0.6 is 0 Å². The Bertz CT molecular complexity index is 399. The summed E-state index contributed by atoms with van der Waals surface area (Å²) in [6.45, 7) is 5.28. The van der Waals surface area contributed by atoms with Crippen molar-refractivity contribution in [2.75, 3.05) is 19.6 Å². The Morgan fingerprint density at radius 1 is 1.30 bits per heavy atom. The minimum absolute atomic E-state index is 0.00471. The highest BCUT2D eigenvalue weighted by Gasteiger charge is 2.19. The maximum Gasteiger partial charge on any atom is 0.154 e. The molecule has 1 aromatic carbocycles. The van der Waals surface area contributed by atoms with Crippen LogP contribution in [-0.2, 0) is 11.2 Å². The van der Waals surface area contributed by atoms with Crippen LogP contribution in [0.2, 0.25) is 0 Å². The van der Waals surface area contributed by atoms with Gasteiger partial charge < -0.3 is 10.6 Å². The standard InChI is InChI=1S/C17H26N2O/c1-2-16(19-13-15-8-10-18-11-9-15)17(20)12-14-6-4-3-5-7-14/h3-7,15-16,18-19H,2,8-13H2,1H3. The molecule has 0 aliphatic carbocycles. The van der Waals surface area contributed by atoms with Crippen molar-refractivity contribution in [1.29, 1.82) is 0 Å². The molecule has 0 aromatic heterocycles. The molecule has 110 valence electrons. The van der Waals surface area contributed by atoms with Gasteiger partial charge in [-0.1, -0.05) is 37.3 Å². The van der Waals surface area contributed by atoms with E-state index < -0.39 is 0 Å². The average molecular weight is 274 g/mol. The number of Topliss-reactive ketones (excluding diaryl/α,β-unsaturated/α-hetero) is 1. The van der Waals surface area contributed by atoms with Crippen LogP contribution in [0.3, 0.4) is 0 Å². The number of nitrogens with one attached hydrogen (secondary N) is 2. The Hall–Kier alpha value is -1.19. The highest BCUT2D eigenvalue weighted by Crippen LogP contribution is 2.11. The number of carbonyl (C=O) groups is 1. The van der Waals surface area contributed by atoms with Crippen LogP contribution in [0.15, 0.2) is 30.3 Å². The second-order valence-electron chi connectivity index (χ2n) is 5.69. The van der Waals surface area contributed by atoms with E-state index in [0.717, 1.165) is 37.5 Å². The van der Waals surface area contributed by atoms with Gasteiger partial charge in [0, 0.05) is 6.42 Å². The van der Waals surface area contributed by atoms with Crippen LogP contribution in [0.5, 0.6) is 0 Å². The number of piperidine rings is 1. The van der Waals surface area contributed by atoms with Crippen LogP contribution in [0.1, 0.15) is 31.7 Å². The quantitative estimate of drug-likeness (QED) is 0.800. The molecule has 1 unspecified atom stereocenters. The van der Waals surface area contributed by atoms with Gasteiger partial charge in [0.15, 0.2) is 5.78 Å². The number of ketones is 1. The second kappa shape index (κ2) is 8.18. The van der Waals surface area contributed by atoms with Gasteiger partial charge in [-0.2, -0.15) is 0 Å². The number of hydrogen-bond acceptors (Lipinski definition) is 3. The summed E-state index contributed by atoms with van der Waals surface area (Å²) < 4.78 is 0. The molecule has 2 N–H and O–H groups in total. The molecule has 0 spiro atoms. The lowest BCUT2D eigenvalue weighted by Gasteiger charge is -2.25. The van der Waals surface area contributed by atoms with Crippen molar-refractivity contribution in [1.82, 2.24) is 10.6 Å². The van der Waals surface area contributed by atoms with Gasteiger partial charge in [0.1, 0.15) is 0 Å². The maximum atomic E-state index is 12.3. The molecule has 2 rings (SSSR count). The van der Waals surface area contributed by atoms with Crippen LogP contribution in [0, 0.1) is 5.92 Å². The van der Waals surface area contributed by atoms with Crippen molar-refractivity contribution in [2.45, 2.75) is 38.6 Å². The first-order valence-electron chi connectivity index (χ1n) is 7.80. The molecule has 0 amide bonds. The molecule has 1 atom stereocenters. The molecule has 3 heteroatoms. The molecule has 1 aliphatic heterocycles. The van der Waals surface area contributed by atoms with E-state index >= 15 is 0 Å². The summed E-state index contributed by atoms with van der Waals surface area (Å²) in [5.41, 5.74) is 1.11. The third-order valence-corrected chi connectivity index (χ3v) is 4.13. The lowest BCUT2D eigenvalue weighted by atomic mass is 9.96. The minimum atomic E-state index is 0.00471. The molecule has 1 aliphatic rings. The van der Waals surface area contributed by atoms with Crippen molar-refractivity contribution < 1.29 is 4.79 Å². The van der Waals surface area contributed by atoms with Crippen molar-refractivity contribution in [3.63, 3.8) is 0 Å². The van der Waals surface area contributed by atoms with E-state index in [1.165, 1.54) is 12.8 Å². The molecule has 1 aromatic rings. The molecule has 0 bridgehead atoms. The van der Waals surface area contributed by atoms with Gasteiger partial charge in [-0.3, -0.25) is 4.79 Å². The number of benzene rings is 1. The first-order chi connectivity index (χ1) is 9.79. The lowest BCUT2D eigenvalue weighted by molar-refractivity contribution is -0.120. The van der Waals surface area contributed by atoms with Gasteiger partial charge >= 0.3 is 0 Å². The molecular weight excluding hydrogens is 248 g/mol. The predicted molar refractivity (Wildman–Crippen MR) is 82.8 cm³/mol. The Morgan fingerprint density at radius 3 is 2.65 bits per heavy atom. The van der Waals surface area contributed by atoms with Gasteiger partial charge in [0.2, 0.25) is 0 Å². The smallest absolute Gasteiger partial charge is 0.154 e. The SMILES string of the molecule is CCC(NCC1CCNCC1)C(=O)Cc1ccccc1. The van der Waals surface area contributed by atoms with Crippen LogP contribution in [0.4, 0.5) is 0 Å². The largest absolute Gasteiger partial charge is 0.317 e. The molecule has 1 fully saturated rings. The summed E-state index contributed by atoms with van der Waals surface area (Å²) in [6, 6.07) is 10.0. The number of hydrogen-bond donors (Lipinski definition) is 2. The fraction of sp³-hybridized carbons (Fsp3) is 0.588. The zero-order valence-electron chi connectivity index (χ0n) is 12.4. The van der Waals surface area contributed by atoms with Crippen molar-refractivity contribution >= 4 is 5.78 Å². The summed E-state index contributed by atoms with van der Waals surface area (Å²) in [6.07, 6.45) is 3.85. The van der Waals surface area contributed by atoms with E-state index in [2.05, 4.69) is 17.6 Å². The van der Waals surface area contributed by atoms with E-state index in [1.807, 2.05) is 30.3 Å². The third-order valence-electron chi connectivity index (χ3n) is 4.13. The van der Waals surface area contributed by atoms with Crippen LogP contribution in [0.25, 0.3) is 0 Å². The molecule has 1 heterocycles. The molecule has 20 heavy (non-hydrogen) atoms. The number of rotatable bonds is 7. The minimum Gasteiger partial charge on any atom is -0.317 e. The Balaban J connectivity index is 1.79. The summed E-state index contributed by atoms with van der Waals surface area (Å²) in [7, 11) is 0. The Labute approximate surface area is 122 Å². The second-order valence-corrected chi connectivity index (χ2v) is 5.69. The van der Waals surface area contributed by atoms with Gasteiger partial charge in [-0.25, -0.2) is 0 Å². The fourth-order valence-corrected chi connectivity index (χ4v) is 2.80. The maximum absolute atomic E-state index is 12.3. The lowest BCUT2D eigenvalue weighted by Crippen LogP contribution is -2.42. The van der Waals surface area contributed by atoms with Crippen molar-refractivity contribution in [3.8, 4) is 0 Å². The first-order valence-corrected chi connectivity index (χ1v) is 7.80. The molecule has 3 nitrogen and oxygen atoms in total. The third kappa shape index (κ3) is 4.73. The zero-order chi connectivity index (χ0) is 14.2. The average Bonchev–Trinajstić information content (AvgIpc) is 2.50. The van der Waals surface area contributed by atoms with E-state index in [-0.39, 0.29) is 6.04 Å². The predicted octanol–water partition coefficient (Wildman–Crippen LogP) is 2.17. The van der Waals surface area contributed by atoms with E-state index in [4.69, 9.17) is 0 Å². The van der Waals surface area contributed by atoms with Crippen molar-refractivity contribution in [3.05, 3.63) is 35.9 Å². The van der Waals surface area contributed by atoms with Crippen LogP contribution in [-0.4, -0.2) is 31.5 Å². The van der Waals surface area contributed by atoms with Crippen LogP contribution < -0.4 is 10.6 Å². The summed E-state index contributed by atoms with van der Waals surface area (Å²) in [5.74, 6) is 1.03. The topological polar surface area (TPSA) is 41.1 Å². The van der Waals surface area contributed by atoms with Gasteiger partial charge in [-0.05, 0) is 50.4 Å². The van der Waals surface area contributed by atoms with E-state index in [0.29, 0.717) is 12.2 Å². The van der Waals surface area contributed by atoms with Gasteiger partial charge in [0.25, 0.3) is 0 Å². The molecule has 1 saturated heterocycles. The first kappa shape index (κ1) is 15.2. The summed E-state index contributed by atoms with van der Waals surface area (Å²) in [5, 5.41) is 6.86. The summed E-state index contributed by atoms with van der Waals surface area (Å²) >= 11 is 0. The van der Waals surface area contributed by atoms with Gasteiger partial charge in [0.05, 0.1) is 6.04 Å². The molecule has 0 radical (unpaired) electrons. The van der Waals surface area contributed by atoms with Crippen molar-refractivity contribution in [2.24, 2.45) is 5.92 Å². The Kier molecular flexibility index (Phi) is 6.22. The molecular formula is C17H26N2O. The summed E-state index contributed by atoms with van der Waals surface area (Å²) in [4.78, 5) is 12.3. The van der Waals surface area contributed by atoms with E-state index in [1.54, 1.807) is 0 Å². The fourth-order valence-electron chi connectivity index (χ4n) is 2.80.